The molecule has 0 radical (unpaired) electrons. The van der Waals surface area contributed by atoms with Crippen molar-refractivity contribution in [2.45, 2.75) is 42.3 Å². The highest BCUT2D eigenvalue weighted by Gasteiger charge is 2.74. The van der Waals surface area contributed by atoms with Crippen molar-refractivity contribution in [2.75, 3.05) is 0 Å². The zero-order chi connectivity index (χ0) is 12.4. The molecule has 3 unspecified atom stereocenters. The van der Waals surface area contributed by atoms with Gasteiger partial charge in [0.15, 0.2) is 5.78 Å². The molecule has 2 fully saturated rings. The zero-order valence-electron chi connectivity index (χ0n) is 9.22. The standard InChI is InChI=1S/C11H14Br2O3/c1-9(2)8(16)11(13)4-3-10(9,7(11)12)5-6(14)15/h7H,3-5H2,1-2H3,(H,14,15). The van der Waals surface area contributed by atoms with Gasteiger partial charge in [-0.25, -0.2) is 0 Å². The van der Waals surface area contributed by atoms with E-state index in [0.29, 0.717) is 0 Å². The molecule has 16 heavy (non-hydrogen) atoms. The number of halogens is 2. The van der Waals surface area contributed by atoms with E-state index in [9.17, 15) is 9.59 Å². The number of Topliss-reactive ketones (excluding diaryl/α,β-unsaturated/α-hetero) is 1. The maximum Gasteiger partial charge on any atom is 0.303 e. The van der Waals surface area contributed by atoms with Gasteiger partial charge in [0.05, 0.1) is 10.7 Å². The topological polar surface area (TPSA) is 54.4 Å². The van der Waals surface area contributed by atoms with Crippen LogP contribution in [0, 0.1) is 10.8 Å². The zero-order valence-corrected chi connectivity index (χ0v) is 12.4. The van der Waals surface area contributed by atoms with Crippen molar-refractivity contribution in [3.05, 3.63) is 0 Å². The van der Waals surface area contributed by atoms with E-state index in [1.165, 1.54) is 0 Å². The number of carboxylic acids is 1. The van der Waals surface area contributed by atoms with Crippen LogP contribution in [0.2, 0.25) is 0 Å². The molecule has 0 aromatic rings. The predicted molar refractivity (Wildman–Crippen MR) is 67.1 cm³/mol. The first kappa shape index (κ1) is 12.6. The van der Waals surface area contributed by atoms with Gasteiger partial charge in [-0.2, -0.15) is 0 Å². The molecule has 3 nitrogen and oxygen atoms in total. The number of hydrogen-bond acceptors (Lipinski definition) is 2. The van der Waals surface area contributed by atoms with Gasteiger partial charge in [-0.15, -0.1) is 0 Å². The van der Waals surface area contributed by atoms with Crippen molar-refractivity contribution in [1.82, 2.24) is 0 Å². The minimum absolute atomic E-state index is 0.0506. The van der Waals surface area contributed by atoms with Crippen LogP contribution in [0.15, 0.2) is 0 Å². The summed E-state index contributed by atoms with van der Waals surface area (Å²) in [6, 6.07) is 0. The fourth-order valence-corrected chi connectivity index (χ4v) is 5.90. The van der Waals surface area contributed by atoms with E-state index in [0.717, 1.165) is 12.8 Å². The van der Waals surface area contributed by atoms with Gasteiger partial charge in [-0.1, -0.05) is 45.7 Å². The van der Waals surface area contributed by atoms with Gasteiger partial charge in [0, 0.05) is 15.7 Å². The number of hydrogen-bond donors (Lipinski definition) is 1. The molecule has 1 N–H and O–H groups in total. The Hall–Kier alpha value is 0.1000. The molecule has 2 bridgehead atoms. The monoisotopic (exact) mass is 352 g/mol. The molecule has 2 aliphatic rings. The molecule has 3 atom stereocenters. The number of ketones is 1. The van der Waals surface area contributed by atoms with E-state index in [1.807, 2.05) is 13.8 Å². The lowest BCUT2D eigenvalue weighted by Crippen LogP contribution is -2.43. The fourth-order valence-electron chi connectivity index (χ4n) is 3.37. The van der Waals surface area contributed by atoms with Crippen LogP contribution in [-0.2, 0) is 9.59 Å². The number of fused-ring (bicyclic) bond motifs is 2. The maximum atomic E-state index is 12.3. The first-order valence-corrected chi connectivity index (χ1v) is 6.99. The lowest BCUT2D eigenvalue weighted by atomic mass is 9.63. The summed E-state index contributed by atoms with van der Waals surface area (Å²) in [5.41, 5.74) is -1.04. The molecule has 90 valence electrons. The molecule has 0 saturated heterocycles. The van der Waals surface area contributed by atoms with Crippen molar-refractivity contribution in [1.29, 1.82) is 0 Å². The summed E-state index contributed by atoms with van der Waals surface area (Å²) in [6.45, 7) is 3.74. The molecular formula is C11H14Br2O3. The SMILES string of the molecule is CC1(C)C(=O)C2(Br)CCC1(CC(=O)O)C2Br. The Bertz CT molecular complexity index is 379. The average molecular weight is 354 g/mol. The maximum absolute atomic E-state index is 12.3. The van der Waals surface area contributed by atoms with Crippen LogP contribution < -0.4 is 0 Å². The highest BCUT2D eigenvalue weighted by Crippen LogP contribution is 2.70. The van der Waals surface area contributed by atoms with Crippen molar-refractivity contribution in [3.8, 4) is 0 Å². The first-order chi connectivity index (χ1) is 7.18. The van der Waals surface area contributed by atoms with Gasteiger partial charge in [0.25, 0.3) is 0 Å². The Labute approximate surface area is 111 Å². The van der Waals surface area contributed by atoms with E-state index in [2.05, 4.69) is 31.9 Å². The molecule has 0 aromatic carbocycles. The van der Waals surface area contributed by atoms with Crippen LogP contribution in [-0.4, -0.2) is 26.0 Å². The van der Waals surface area contributed by atoms with Crippen LogP contribution in [0.5, 0.6) is 0 Å². The second-order valence-electron chi connectivity index (χ2n) is 5.41. The van der Waals surface area contributed by atoms with E-state index in [1.54, 1.807) is 0 Å². The fraction of sp³-hybridized carbons (Fsp3) is 0.818. The second-order valence-corrected chi connectivity index (χ2v) is 7.74. The summed E-state index contributed by atoms with van der Waals surface area (Å²) in [7, 11) is 0. The quantitative estimate of drug-likeness (QED) is 0.776. The summed E-state index contributed by atoms with van der Waals surface area (Å²) >= 11 is 7.09. The third kappa shape index (κ3) is 1.19. The highest BCUT2D eigenvalue weighted by atomic mass is 79.9. The van der Waals surface area contributed by atoms with E-state index >= 15 is 0 Å². The third-order valence-corrected chi connectivity index (χ3v) is 7.97. The second kappa shape index (κ2) is 3.31. The predicted octanol–water partition coefficient (Wildman–Crippen LogP) is 2.75. The smallest absolute Gasteiger partial charge is 0.303 e. The summed E-state index contributed by atoms with van der Waals surface area (Å²) in [6.07, 6.45) is 1.55. The Balaban J connectivity index is 2.52. The largest absolute Gasteiger partial charge is 0.481 e. The van der Waals surface area contributed by atoms with E-state index < -0.39 is 21.1 Å². The van der Waals surface area contributed by atoms with Crippen LogP contribution in [0.4, 0.5) is 0 Å². The number of carbonyl (C=O) groups is 2. The Morgan fingerprint density at radius 1 is 1.50 bits per heavy atom. The third-order valence-electron chi connectivity index (χ3n) is 4.48. The average Bonchev–Trinajstić information content (AvgIpc) is 2.46. The van der Waals surface area contributed by atoms with Crippen LogP contribution in [0.3, 0.4) is 0 Å². The first-order valence-electron chi connectivity index (χ1n) is 5.28. The molecule has 0 heterocycles. The normalized spacial score (nSPS) is 45.0. The molecular weight excluding hydrogens is 340 g/mol. The van der Waals surface area contributed by atoms with Gasteiger partial charge < -0.3 is 5.11 Å². The summed E-state index contributed by atoms with van der Waals surface area (Å²) in [5.74, 6) is -0.696. The minimum atomic E-state index is -0.830. The number of alkyl halides is 2. The molecule has 2 aliphatic carbocycles. The van der Waals surface area contributed by atoms with Crippen molar-refractivity contribution >= 4 is 43.6 Å². The van der Waals surface area contributed by atoms with Gasteiger partial charge in [-0.3, -0.25) is 9.59 Å². The Morgan fingerprint density at radius 2 is 2.06 bits per heavy atom. The lowest BCUT2D eigenvalue weighted by molar-refractivity contribution is -0.143. The van der Waals surface area contributed by atoms with E-state index in [-0.39, 0.29) is 17.0 Å². The molecule has 2 rings (SSSR count). The van der Waals surface area contributed by atoms with Crippen molar-refractivity contribution in [3.63, 3.8) is 0 Å². The molecule has 0 spiro atoms. The van der Waals surface area contributed by atoms with Crippen molar-refractivity contribution in [2.24, 2.45) is 10.8 Å². The number of carbonyl (C=O) groups excluding carboxylic acids is 1. The van der Waals surface area contributed by atoms with Gasteiger partial charge in [0.1, 0.15) is 0 Å². The van der Waals surface area contributed by atoms with Gasteiger partial charge >= 0.3 is 5.97 Å². The molecule has 0 aromatic heterocycles. The number of carboxylic acid groups (broad SMARTS) is 1. The summed E-state index contributed by atoms with van der Waals surface area (Å²) in [5, 5.41) is 9.06. The Morgan fingerprint density at radius 3 is 2.44 bits per heavy atom. The van der Waals surface area contributed by atoms with Crippen molar-refractivity contribution < 1.29 is 14.7 Å². The van der Waals surface area contributed by atoms with Crippen LogP contribution >= 0.6 is 31.9 Å². The number of aliphatic carboxylic acids is 1. The molecule has 0 aliphatic heterocycles. The highest BCUT2D eigenvalue weighted by molar-refractivity contribution is 9.13. The van der Waals surface area contributed by atoms with E-state index in [4.69, 9.17) is 5.11 Å². The molecule has 2 saturated carbocycles. The molecule has 5 heteroatoms. The lowest BCUT2D eigenvalue weighted by Gasteiger charge is -2.40. The Kier molecular flexibility index (Phi) is 2.60. The van der Waals surface area contributed by atoms with Crippen LogP contribution in [0.25, 0.3) is 0 Å². The summed E-state index contributed by atoms with van der Waals surface area (Å²) in [4.78, 5) is 23.3. The van der Waals surface area contributed by atoms with Crippen LogP contribution in [0.1, 0.15) is 33.1 Å². The summed E-state index contributed by atoms with van der Waals surface area (Å²) < 4.78 is -0.564. The van der Waals surface area contributed by atoms with Gasteiger partial charge in [0.2, 0.25) is 0 Å². The number of rotatable bonds is 2. The minimum Gasteiger partial charge on any atom is -0.481 e. The van der Waals surface area contributed by atoms with Gasteiger partial charge in [-0.05, 0) is 12.8 Å². The molecule has 0 amide bonds.